The van der Waals surface area contributed by atoms with E-state index in [0.717, 1.165) is 43.8 Å². The van der Waals surface area contributed by atoms with Crippen LogP contribution in [0.25, 0.3) is 11.1 Å². The van der Waals surface area contributed by atoms with E-state index < -0.39 is 0 Å². The van der Waals surface area contributed by atoms with E-state index in [9.17, 15) is 4.79 Å². The number of aromatic nitrogens is 1. The average molecular weight is 305 g/mol. The summed E-state index contributed by atoms with van der Waals surface area (Å²) in [5.41, 5.74) is 1.60. The van der Waals surface area contributed by atoms with Crippen molar-refractivity contribution in [1.29, 1.82) is 0 Å². The van der Waals surface area contributed by atoms with E-state index in [0.29, 0.717) is 11.0 Å². The van der Waals surface area contributed by atoms with Crippen LogP contribution >= 0.6 is 11.8 Å². The van der Waals surface area contributed by atoms with Gasteiger partial charge in [-0.05, 0) is 18.7 Å². The monoisotopic (exact) mass is 305 g/mol. The van der Waals surface area contributed by atoms with E-state index in [1.807, 2.05) is 29.2 Å². The number of fused-ring (bicyclic) bond motifs is 1. The van der Waals surface area contributed by atoms with E-state index in [1.54, 1.807) is 0 Å². The van der Waals surface area contributed by atoms with Crippen LogP contribution < -0.4 is 0 Å². The maximum atomic E-state index is 12.2. The number of hydrogen-bond donors (Lipinski definition) is 0. The maximum absolute atomic E-state index is 12.2. The van der Waals surface area contributed by atoms with Gasteiger partial charge in [-0.1, -0.05) is 30.8 Å². The molecule has 1 aromatic carbocycles. The van der Waals surface area contributed by atoms with Gasteiger partial charge in [0.1, 0.15) is 5.52 Å². The summed E-state index contributed by atoms with van der Waals surface area (Å²) >= 11 is 1.37. The average Bonchev–Trinajstić information content (AvgIpc) is 2.95. The van der Waals surface area contributed by atoms with Crippen molar-refractivity contribution in [2.75, 3.05) is 38.5 Å². The molecule has 21 heavy (non-hydrogen) atoms. The third-order valence-corrected chi connectivity index (χ3v) is 4.58. The van der Waals surface area contributed by atoms with Gasteiger partial charge < -0.3 is 14.2 Å². The lowest BCUT2D eigenvalue weighted by atomic mass is 10.3. The minimum atomic E-state index is 0.165. The first-order valence-corrected chi connectivity index (χ1v) is 8.23. The number of rotatable bonds is 4. The van der Waals surface area contributed by atoms with E-state index in [-0.39, 0.29) is 5.91 Å². The SMILES string of the molecule is CCN1CCN(C(=O)CSc2nc3ccccc3o2)CC1. The minimum absolute atomic E-state index is 0.165. The van der Waals surface area contributed by atoms with Crippen LogP contribution in [0.5, 0.6) is 0 Å². The van der Waals surface area contributed by atoms with Crippen molar-refractivity contribution in [3.8, 4) is 0 Å². The third-order valence-electron chi connectivity index (χ3n) is 3.77. The third kappa shape index (κ3) is 3.39. The Balaban J connectivity index is 1.54. The van der Waals surface area contributed by atoms with E-state index in [4.69, 9.17) is 4.42 Å². The first kappa shape index (κ1) is 14.4. The highest BCUT2D eigenvalue weighted by atomic mass is 32.2. The fourth-order valence-electron chi connectivity index (χ4n) is 2.44. The Morgan fingerprint density at radius 1 is 1.29 bits per heavy atom. The zero-order valence-corrected chi connectivity index (χ0v) is 12.9. The van der Waals surface area contributed by atoms with Gasteiger partial charge in [-0.15, -0.1) is 0 Å². The number of para-hydroxylation sites is 2. The highest BCUT2D eigenvalue weighted by Crippen LogP contribution is 2.23. The lowest BCUT2D eigenvalue weighted by molar-refractivity contribution is -0.130. The molecule has 0 bridgehead atoms. The largest absolute Gasteiger partial charge is 0.431 e. The predicted molar refractivity (Wildman–Crippen MR) is 83.4 cm³/mol. The molecule has 1 amide bonds. The van der Waals surface area contributed by atoms with Crippen molar-refractivity contribution in [3.05, 3.63) is 24.3 Å². The number of benzene rings is 1. The summed E-state index contributed by atoms with van der Waals surface area (Å²) < 4.78 is 5.61. The summed E-state index contributed by atoms with van der Waals surface area (Å²) in [7, 11) is 0. The zero-order valence-electron chi connectivity index (χ0n) is 12.1. The molecular weight excluding hydrogens is 286 g/mol. The molecule has 3 rings (SSSR count). The summed E-state index contributed by atoms with van der Waals surface area (Å²) in [5.74, 6) is 0.553. The summed E-state index contributed by atoms with van der Waals surface area (Å²) in [6, 6.07) is 7.64. The van der Waals surface area contributed by atoms with Crippen molar-refractivity contribution in [1.82, 2.24) is 14.8 Å². The number of likely N-dealkylation sites (N-methyl/N-ethyl adjacent to an activating group) is 1. The number of piperazine rings is 1. The van der Waals surface area contributed by atoms with E-state index in [2.05, 4.69) is 16.8 Å². The van der Waals surface area contributed by atoms with Gasteiger partial charge in [-0.2, -0.15) is 0 Å². The van der Waals surface area contributed by atoms with Gasteiger partial charge in [0.25, 0.3) is 5.22 Å². The molecule has 0 N–H and O–H groups in total. The number of nitrogens with zero attached hydrogens (tertiary/aromatic N) is 3. The van der Waals surface area contributed by atoms with Crippen LogP contribution in [0, 0.1) is 0 Å². The van der Waals surface area contributed by atoms with Gasteiger partial charge in [0.05, 0.1) is 5.75 Å². The smallest absolute Gasteiger partial charge is 0.257 e. The van der Waals surface area contributed by atoms with Gasteiger partial charge in [0.15, 0.2) is 5.58 Å². The van der Waals surface area contributed by atoms with Crippen LogP contribution in [0.15, 0.2) is 33.9 Å². The lowest BCUT2D eigenvalue weighted by Crippen LogP contribution is -2.49. The summed E-state index contributed by atoms with van der Waals surface area (Å²) in [6.45, 7) is 6.79. The highest BCUT2D eigenvalue weighted by Gasteiger charge is 2.20. The number of hydrogen-bond acceptors (Lipinski definition) is 5. The summed E-state index contributed by atoms with van der Waals surface area (Å²) in [4.78, 5) is 20.9. The maximum Gasteiger partial charge on any atom is 0.257 e. The molecule has 0 saturated carbocycles. The number of thioether (sulfide) groups is 1. The molecule has 0 unspecified atom stereocenters. The van der Waals surface area contributed by atoms with Gasteiger partial charge in [-0.3, -0.25) is 4.79 Å². The molecular formula is C15H19N3O2S. The van der Waals surface area contributed by atoms with Crippen LogP contribution in [0.4, 0.5) is 0 Å². The molecule has 1 aromatic heterocycles. The van der Waals surface area contributed by atoms with Crippen molar-refractivity contribution < 1.29 is 9.21 Å². The molecule has 0 radical (unpaired) electrons. The normalized spacial score (nSPS) is 16.5. The summed E-state index contributed by atoms with van der Waals surface area (Å²) in [5, 5.41) is 0.566. The molecule has 6 heteroatoms. The molecule has 1 aliphatic rings. The van der Waals surface area contributed by atoms with Crippen LogP contribution in [-0.2, 0) is 4.79 Å². The molecule has 5 nitrogen and oxygen atoms in total. The van der Waals surface area contributed by atoms with Gasteiger partial charge >= 0.3 is 0 Å². The number of oxazole rings is 1. The number of carbonyl (C=O) groups is 1. The number of amides is 1. The van der Waals surface area contributed by atoms with Crippen LogP contribution in [0.1, 0.15) is 6.92 Å². The minimum Gasteiger partial charge on any atom is -0.431 e. The molecule has 0 aliphatic carbocycles. The van der Waals surface area contributed by atoms with Crippen molar-refractivity contribution in [2.45, 2.75) is 12.1 Å². The Bertz CT molecular complexity index is 587. The fraction of sp³-hybridized carbons (Fsp3) is 0.467. The second kappa shape index (κ2) is 6.49. The van der Waals surface area contributed by atoms with Crippen LogP contribution in [0.3, 0.4) is 0 Å². The van der Waals surface area contributed by atoms with Crippen molar-refractivity contribution >= 4 is 28.8 Å². The first-order chi connectivity index (χ1) is 10.3. The fourth-order valence-corrected chi connectivity index (χ4v) is 3.18. The van der Waals surface area contributed by atoms with Crippen molar-refractivity contribution in [3.63, 3.8) is 0 Å². The molecule has 0 atom stereocenters. The number of carbonyl (C=O) groups excluding carboxylic acids is 1. The van der Waals surface area contributed by atoms with Crippen LogP contribution in [-0.4, -0.2) is 59.2 Å². The molecule has 1 saturated heterocycles. The first-order valence-electron chi connectivity index (χ1n) is 7.25. The highest BCUT2D eigenvalue weighted by molar-refractivity contribution is 7.99. The Morgan fingerprint density at radius 3 is 2.76 bits per heavy atom. The zero-order chi connectivity index (χ0) is 14.7. The molecule has 112 valence electrons. The summed E-state index contributed by atoms with van der Waals surface area (Å²) in [6.07, 6.45) is 0. The van der Waals surface area contributed by atoms with E-state index in [1.165, 1.54) is 11.8 Å². The quantitative estimate of drug-likeness (QED) is 0.810. The Labute approximate surface area is 128 Å². The lowest BCUT2D eigenvalue weighted by Gasteiger charge is -2.33. The van der Waals surface area contributed by atoms with Crippen molar-refractivity contribution in [2.24, 2.45) is 0 Å². The molecule has 1 aliphatic heterocycles. The van der Waals surface area contributed by atoms with E-state index >= 15 is 0 Å². The van der Waals surface area contributed by atoms with Gasteiger partial charge in [0.2, 0.25) is 5.91 Å². The molecule has 2 heterocycles. The topological polar surface area (TPSA) is 49.6 Å². The Kier molecular flexibility index (Phi) is 4.45. The Hall–Kier alpha value is -1.53. The van der Waals surface area contributed by atoms with Gasteiger partial charge in [-0.25, -0.2) is 4.98 Å². The second-order valence-corrected chi connectivity index (χ2v) is 5.98. The molecule has 1 fully saturated rings. The van der Waals surface area contributed by atoms with Crippen LogP contribution in [0.2, 0.25) is 0 Å². The van der Waals surface area contributed by atoms with Gasteiger partial charge in [0, 0.05) is 26.2 Å². The Morgan fingerprint density at radius 2 is 2.05 bits per heavy atom. The molecule has 0 spiro atoms. The molecule has 2 aromatic rings. The predicted octanol–water partition coefficient (Wildman–Crippen LogP) is 2.08. The second-order valence-electron chi connectivity index (χ2n) is 5.05. The standard InChI is InChI=1S/C15H19N3O2S/c1-2-17-7-9-18(10-8-17)14(19)11-21-15-16-12-5-3-4-6-13(12)20-15/h3-6H,2,7-11H2,1H3.